The number of aliphatic carboxylic acids is 1. The summed E-state index contributed by atoms with van der Waals surface area (Å²) in [7, 11) is 1.58. The van der Waals surface area contributed by atoms with Crippen LogP contribution in [0.5, 0.6) is 5.75 Å². The predicted octanol–water partition coefficient (Wildman–Crippen LogP) is 2.05. The summed E-state index contributed by atoms with van der Waals surface area (Å²) in [5, 5.41) is 9.04. The molecule has 0 saturated carbocycles. The first-order chi connectivity index (χ1) is 7.35. The van der Waals surface area contributed by atoms with Crippen LogP contribution in [0, 0.1) is 12.3 Å². The molecule has 16 heavy (non-hydrogen) atoms. The first kappa shape index (κ1) is 12.5. The summed E-state index contributed by atoms with van der Waals surface area (Å²) < 4.78 is 5.12. The molecule has 0 aliphatic carbocycles. The first-order valence-corrected chi connectivity index (χ1v) is 5.10. The second-order valence-electron chi connectivity index (χ2n) is 4.51. The van der Waals surface area contributed by atoms with Crippen LogP contribution in [0.4, 0.5) is 0 Å². The second kappa shape index (κ2) is 4.51. The molecule has 0 fully saturated rings. The van der Waals surface area contributed by atoms with Crippen molar-refractivity contribution in [3.63, 3.8) is 0 Å². The molecule has 0 atom stereocenters. The summed E-state index contributed by atoms with van der Waals surface area (Å²) in [5.74, 6) is -0.113. The number of hydrogen-bond acceptors (Lipinski definition) is 3. The Bertz CT molecular complexity index is 399. The molecule has 0 radical (unpaired) electrons. The molecular formula is C12H17NO3. The van der Waals surface area contributed by atoms with E-state index in [0.29, 0.717) is 12.2 Å². The summed E-state index contributed by atoms with van der Waals surface area (Å²) in [5.41, 5.74) is 0.756. The van der Waals surface area contributed by atoms with Crippen molar-refractivity contribution in [3.8, 4) is 5.75 Å². The van der Waals surface area contributed by atoms with E-state index in [1.807, 2.05) is 13.0 Å². The summed E-state index contributed by atoms with van der Waals surface area (Å²) in [4.78, 5) is 15.3. The predicted molar refractivity (Wildman–Crippen MR) is 60.6 cm³/mol. The van der Waals surface area contributed by atoms with Gasteiger partial charge in [0.25, 0.3) is 0 Å². The van der Waals surface area contributed by atoms with Gasteiger partial charge in [-0.2, -0.15) is 0 Å². The maximum Gasteiger partial charge on any atom is 0.309 e. The van der Waals surface area contributed by atoms with Crippen molar-refractivity contribution in [2.75, 3.05) is 7.11 Å². The number of carboxylic acids is 1. The van der Waals surface area contributed by atoms with Gasteiger partial charge in [0, 0.05) is 29.9 Å². The smallest absolute Gasteiger partial charge is 0.309 e. The fourth-order valence-electron chi connectivity index (χ4n) is 1.44. The van der Waals surface area contributed by atoms with Gasteiger partial charge in [-0.25, -0.2) is 0 Å². The highest BCUT2D eigenvalue weighted by atomic mass is 16.5. The van der Waals surface area contributed by atoms with Crippen LogP contribution in [0.25, 0.3) is 0 Å². The number of carboxylic acid groups (broad SMARTS) is 1. The SMILES string of the molecule is COc1cc(C)nc(CC(C)(C)C(=O)O)c1. The van der Waals surface area contributed by atoms with Crippen molar-refractivity contribution in [1.29, 1.82) is 0 Å². The number of nitrogens with zero attached hydrogens (tertiary/aromatic N) is 1. The third-order valence-electron chi connectivity index (χ3n) is 2.42. The van der Waals surface area contributed by atoms with Gasteiger partial charge in [-0.15, -0.1) is 0 Å². The summed E-state index contributed by atoms with van der Waals surface area (Å²) >= 11 is 0. The quantitative estimate of drug-likeness (QED) is 0.848. The molecule has 0 unspecified atom stereocenters. The van der Waals surface area contributed by atoms with Crippen LogP contribution in [0.3, 0.4) is 0 Å². The minimum absolute atomic E-state index is 0.389. The third-order valence-corrected chi connectivity index (χ3v) is 2.42. The van der Waals surface area contributed by atoms with Gasteiger partial charge in [0.2, 0.25) is 0 Å². The Morgan fingerprint density at radius 3 is 2.62 bits per heavy atom. The summed E-state index contributed by atoms with van der Waals surface area (Å²) in [6.07, 6.45) is 0.389. The molecule has 0 bridgehead atoms. The molecule has 4 nitrogen and oxygen atoms in total. The van der Waals surface area contributed by atoms with Crippen LogP contribution >= 0.6 is 0 Å². The Morgan fingerprint density at radius 1 is 1.50 bits per heavy atom. The maximum absolute atomic E-state index is 11.0. The van der Waals surface area contributed by atoms with Crippen LogP contribution in [0.1, 0.15) is 25.2 Å². The van der Waals surface area contributed by atoms with Crippen LogP contribution in [0.15, 0.2) is 12.1 Å². The van der Waals surface area contributed by atoms with E-state index >= 15 is 0 Å². The largest absolute Gasteiger partial charge is 0.497 e. The van der Waals surface area contributed by atoms with Crippen molar-refractivity contribution in [2.45, 2.75) is 27.2 Å². The van der Waals surface area contributed by atoms with E-state index in [2.05, 4.69) is 4.98 Å². The van der Waals surface area contributed by atoms with E-state index in [4.69, 9.17) is 9.84 Å². The molecule has 4 heteroatoms. The number of aryl methyl sites for hydroxylation is 1. The van der Waals surface area contributed by atoms with Crippen molar-refractivity contribution in [2.24, 2.45) is 5.41 Å². The summed E-state index contributed by atoms with van der Waals surface area (Å²) in [6, 6.07) is 3.59. The van der Waals surface area contributed by atoms with Gasteiger partial charge in [0.1, 0.15) is 5.75 Å². The van der Waals surface area contributed by atoms with Crippen LogP contribution in [-0.4, -0.2) is 23.2 Å². The highest BCUT2D eigenvalue weighted by Crippen LogP contribution is 2.23. The van der Waals surface area contributed by atoms with Crippen LogP contribution < -0.4 is 4.74 Å². The van der Waals surface area contributed by atoms with Gasteiger partial charge in [-0.3, -0.25) is 9.78 Å². The standard InChI is InChI=1S/C12H17NO3/c1-8-5-10(16-4)6-9(13-8)7-12(2,3)11(14)15/h5-6H,7H2,1-4H3,(H,14,15). The van der Waals surface area contributed by atoms with Crippen LogP contribution in [-0.2, 0) is 11.2 Å². The molecule has 1 aromatic rings. The molecule has 1 rings (SSSR count). The molecule has 0 spiro atoms. The average Bonchev–Trinajstić information content (AvgIpc) is 2.15. The van der Waals surface area contributed by atoms with E-state index in [0.717, 1.165) is 11.4 Å². The Kier molecular flexibility index (Phi) is 3.52. The average molecular weight is 223 g/mol. The van der Waals surface area contributed by atoms with Gasteiger partial charge in [-0.05, 0) is 20.8 Å². The van der Waals surface area contributed by atoms with Gasteiger partial charge in [0.05, 0.1) is 12.5 Å². The fourth-order valence-corrected chi connectivity index (χ4v) is 1.44. The first-order valence-electron chi connectivity index (χ1n) is 5.10. The summed E-state index contributed by atoms with van der Waals surface area (Å²) in [6.45, 7) is 5.23. The number of carbonyl (C=O) groups is 1. The monoisotopic (exact) mass is 223 g/mol. The molecule has 0 aromatic carbocycles. The van der Waals surface area contributed by atoms with E-state index in [1.165, 1.54) is 0 Å². The van der Waals surface area contributed by atoms with Crippen molar-refractivity contribution >= 4 is 5.97 Å². The Morgan fingerprint density at radius 2 is 2.12 bits per heavy atom. The number of pyridine rings is 1. The van der Waals surface area contributed by atoms with E-state index in [1.54, 1.807) is 27.0 Å². The Labute approximate surface area is 95.3 Å². The zero-order chi connectivity index (χ0) is 12.3. The minimum Gasteiger partial charge on any atom is -0.497 e. The number of hydrogen-bond donors (Lipinski definition) is 1. The molecule has 1 heterocycles. The number of aromatic nitrogens is 1. The van der Waals surface area contributed by atoms with Gasteiger partial charge < -0.3 is 9.84 Å². The lowest BCUT2D eigenvalue weighted by Gasteiger charge is -2.18. The van der Waals surface area contributed by atoms with Gasteiger partial charge in [0.15, 0.2) is 0 Å². The zero-order valence-electron chi connectivity index (χ0n) is 10.1. The number of rotatable bonds is 4. The lowest BCUT2D eigenvalue weighted by molar-refractivity contribution is -0.146. The molecule has 0 amide bonds. The van der Waals surface area contributed by atoms with Gasteiger partial charge in [-0.1, -0.05) is 0 Å². The molecule has 1 aromatic heterocycles. The highest BCUT2D eigenvalue weighted by Gasteiger charge is 2.28. The zero-order valence-corrected chi connectivity index (χ0v) is 10.1. The normalized spacial score (nSPS) is 11.2. The highest BCUT2D eigenvalue weighted by molar-refractivity contribution is 5.73. The lowest BCUT2D eigenvalue weighted by Crippen LogP contribution is -2.26. The second-order valence-corrected chi connectivity index (χ2v) is 4.51. The molecular weight excluding hydrogens is 206 g/mol. The Balaban J connectivity index is 2.97. The fraction of sp³-hybridized carbons (Fsp3) is 0.500. The minimum atomic E-state index is -0.824. The van der Waals surface area contributed by atoms with Crippen molar-refractivity contribution < 1.29 is 14.6 Å². The molecule has 0 aliphatic rings. The molecule has 0 saturated heterocycles. The van der Waals surface area contributed by atoms with Crippen LogP contribution in [0.2, 0.25) is 0 Å². The van der Waals surface area contributed by atoms with E-state index < -0.39 is 11.4 Å². The molecule has 0 aliphatic heterocycles. The number of methoxy groups -OCH3 is 1. The van der Waals surface area contributed by atoms with E-state index in [-0.39, 0.29) is 0 Å². The van der Waals surface area contributed by atoms with Crippen molar-refractivity contribution in [1.82, 2.24) is 4.98 Å². The van der Waals surface area contributed by atoms with Crippen molar-refractivity contribution in [3.05, 3.63) is 23.5 Å². The molecule has 88 valence electrons. The lowest BCUT2D eigenvalue weighted by atomic mass is 9.88. The topological polar surface area (TPSA) is 59.4 Å². The molecule has 1 N–H and O–H groups in total. The maximum atomic E-state index is 11.0. The van der Waals surface area contributed by atoms with E-state index in [9.17, 15) is 4.79 Å². The Hall–Kier alpha value is -1.58. The number of ether oxygens (including phenoxy) is 1. The van der Waals surface area contributed by atoms with Gasteiger partial charge >= 0.3 is 5.97 Å². The third kappa shape index (κ3) is 2.95.